The largest absolute Gasteiger partial charge is 0.325 e. The smallest absolute Gasteiger partial charge is 0.244 e. The van der Waals surface area contributed by atoms with Gasteiger partial charge >= 0.3 is 0 Å². The van der Waals surface area contributed by atoms with E-state index < -0.39 is 10.0 Å². The number of nitrogens with one attached hydrogen (secondary N) is 1. The Morgan fingerprint density at radius 2 is 1.78 bits per heavy atom. The monoisotopic (exact) mass is 388 g/mol. The van der Waals surface area contributed by atoms with E-state index in [9.17, 15) is 13.2 Å². The molecule has 0 aliphatic carbocycles. The van der Waals surface area contributed by atoms with E-state index in [4.69, 9.17) is 0 Å². The summed E-state index contributed by atoms with van der Waals surface area (Å²) in [6.45, 7) is 5.96. The standard InChI is InChI=1S/C19H24N4O3S/c1-15-10-16(2)12-17(11-15)21-19(24)14-22-6-8-23(9-7-22)27(25,26)18-4-3-5-20-13-18/h3-5,10-13H,6-9,14H2,1-2H3,(H,21,24). The quantitative estimate of drug-likeness (QED) is 0.842. The Hall–Kier alpha value is -2.29. The predicted molar refractivity (Wildman–Crippen MR) is 104 cm³/mol. The zero-order chi connectivity index (χ0) is 19.4. The van der Waals surface area contributed by atoms with Crippen molar-refractivity contribution in [3.63, 3.8) is 0 Å². The predicted octanol–water partition coefficient (Wildman–Crippen LogP) is 1.64. The highest BCUT2D eigenvalue weighted by molar-refractivity contribution is 7.89. The second-order valence-electron chi connectivity index (χ2n) is 6.79. The highest BCUT2D eigenvalue weighted by Crippen LogP contribution is 2.17. The molecule has 1 aliphatic rings. The molecule has 1 aromatic carbocycles. The summed E-state index contributed by atoms with van der Waals surface area (Å²) in [4.78, 5) is 18.4. The second kappa shape index (κ2) is 8.16. The Morgan fingerprint density at radius 3 is 2.37 bits per heavy atom. The molecule has 8 heteroatoms. The van der Waals surface area contributed by atoms with Crippen LogP contribution in [-0.4, -0.2) is 61.2 Å². The summed E-state index contributed by atoms with van der Waals surface area (Å²) in [7, 11) is -3.53. The summed E-state index contributed by atoms with van der Waals surface area (Å²) in [5.74, 6) is -0.0939. The Balaban J connectivity index is 1.54. The van der Waals surface area contributed by atoms with Crippen LogP contribution in [0.25, 0.3) is 0 Å². The summed E-state index contributed by atoms with van der Waals surface area (Å²) in [6, 6.07) is 9.08. The maximum atomic E-state index is 12.6. The van der Waals surface area contributed by atoms with Gasteiger partial charge in [-0.05, 0) is 49.2 Å². The number of piperazine rings is 1. The normalized spacial score (nSPS) is 16.2. The molecule has 1 aromatic heterocycles. The minimum Gasteiger partial charge on any atom is -0.325 e. The Kier molecular flexibility index (Phi) is 5.88. The fourth-order valence-electron chi connectivity index (χ4n) is 3.23. The van der Waals surface area contributed by atoms with Gasteiger partial charge in [0.1, 0.15) is 4.90 Å². The van der Waals surface area contributed by atoms with Gasteiger partial charge in [-0.15, -0.1) is 0 Å². The molecule has 27 heavy (non-hydrogen) atoms. The van der Waals surface area contributed by atoms with E-state index in [1.54, 1.807) is 18.3 Å². The molecule has 0 radical (unpaired) electrons. The average molecular weight is 388 g/mol. The number of benzene rings is 1. The number of anilines is 1. The number of nitrogens with zero attached hydrogens (tertiary/aromatic N) is 3. The molecule has 1 aliphatic heterocycles. The molecule has 1 N–H and O–H groups in total. The third-order valence-corrected chi connectivity index (χ3v) is 6.36. The molecule has 2 aromatic rings. The molecule has 1 fully saturated rings. The number of amides is 1. The average Bonchev–Trinajstić information content (AvgIpc) is 2.62. The number of hydrogen-bond donors (Lipinski definition) is 1. The van der Waals surface area contributed by atoms with Crippen LogP contribution >= 0.6 is 0 Å². The number of aryl methyl sites for hydroxylation is 2. The van der Waals surface area contributed by atoms with E-state index in [2.05, 4.69) is 16.4 Å². The first-order chi connectivity index (χ1) is 12.8. The number of carbonyl (C=O) groups excluding carboxylic acids is 1. The Labute approximate surface area is 160 Å². The number of carbonyl (C=O) groups is 1. The van der Waals surface area contributed by atoms with Crippen molar-refractivity contribution in [2.24, 2.45) is 0 Å². The van der Waals surface area contributed by atoms with Crippen LogP contribution in [-0.2, 0) is 14.8 Å². The van der Waals surface area contributed by atoms with Crippen LogP contribution < -0.4 is 5.32 Å². The van der Waals surface area contributed by atoms with Crippen molar-refractivity contribution in [1.82, 2.24) is 14.2 Å². The van der Waals surface area contributed by atoms with E-state index >= 15 is 0 Å². The first-order valence-electron chi connectivity index (χ1n) is 8.85. The van der Waals surface area contributed by atoms with Gasteiger partial charge < -0.3 is 5.32 Å². The van der Waals surface area contributed by atoms with Crippen molar-refractivity contribution < 1.29 is 13.2 Å². The Morgan fingerprint density at radius 1 is 1.11 bits per heavy atom. The molecule has 1 saturated heterocycles. The molecule has 2 heterocycles. The zero-order valence-corrected chi connectivity index (χ0v) is 16.4. The van der Waals surface area contributed by atoms with E-state index in [1.165, 1.54) is 10.5 Å². The summed E-state index contributed by atoms with van der Waals surface area (Å²) in [5, 5.41) is 2.92. The third-order valence-electron chi connectivity index (χ3n) is 4.48. The lowest BCUT2D eigenvalue weighted by atomic mass is 10.1. The van der Waals surface area contributed by atoms with E-state index in [-0.39, 0.29) is 17.3 Å². The molecule has 0 unspecified atom stereocenters. The van der Waals surface area contributed by atoms with Crippen molar-refractivity contribution in [1.29, 1.82) is 0 Å². The lowest BCUT2D eigenvalue weighted by Crippen LogP contribution is -2.50. The molecular weight excluding hydrogens is 364 g/mol. The number of hydrogen-bond acceptors (Lipinski definition) is 5. The van der Waals surface area contributed by atoms with Gasteiger partial charge in [-0.25, -0.2) is 8.42 Å². The summed E-state index contributed by atoms with van der Waals surface area (Å²) in [6.07, 6.45) is 2.91. The van der Waals surface area contributed by atoms with Crippen LogP contribution in [0.5, 0.6) is 0 Å². The molecule has 3 rings (SSSR count). The van der Waals surface area contributed by atoms with Gasteiger partial charge in [0.05, 0.1) is 6.54 Å². The molecule has 1 amide bonds. The topological polar surface area (TPSA) is 82.6 Å². The molecular formula is C19H24N4O3S. The van der Waals surface area contributed by atoms with E-state index in [1.807, 2.05) is 30.9 Å². The number of aromatic nitrogens is 1. The molecule has 144 valence electrons. The van der Waals surface area contributed by atoms with Gasteiger partial charge in [-0.3, -0.25) is 14.7 Å². The first kappa shape index (κ1) is 19.5. The first-order valence-corrected chi connectivity index (χ1v) is 10.3. The van der Waals surface area contributed by atoms with Gasteiger partial charge in [0.25, 0.3) is 0 Å². The van der Waals surface area contributed by atoms with Crippen LogP contribution in [0.2, 0.25) is 0 Å². The lowest BCUT2D eigenvalue weighted by Gasteiger charge is -2.33. The number of sulfonamides is 1. The number of pyridine rings is 1. The summed E-state index contributed by atoms with van der Waals surface area (Å²) >= 11 is 0. The Bertz CT molecular complexity index is 888. The zero-order valence-electron chi connectivity index (χ0n) is 15.6. The van der Waals surface area contributed by atoms with Gasteiger partial charge in [-0.2, -0.15) is 4.31 Å². The van der Waals surface area contributed by atoms with Gasteiger partial charge in [0, 0.05) is 44.3 Å². The molecule has 0 spiro atoms. The van der Waals surface area contributed by atoms with Crippen molar-refractivity contribution >= 4 is 21.6 Å². The maximum Gasteiger partial charge on any atom is 0.244 e. The van der Waals surface area contributed by atoms with E-state index in [0.717, 1.165) is 16.8 Å². The maximum absolute atomic E-state index is 12.6. The molecule has 7 nitrogen and oxygen atoms in total. The molecule has 0 saturated carbocycles. The molecule has 0 bridgehead atoms. The van der Waals surface area contributed by atoms with Crippen molar-refractivity contribution in [3.8, 4) is 0 Å². The summed E-state index contributed by atoms with van der Waals surface area (Å²) in [5.41, 5.74) is 2.98. The van der Waals surface area contributed by atoms with Crippen LogP contribution in [0.3, 0.4) is 0 Å². The van der Waals surface area contributed by atoms with Gasteiger partial charge in [-0.1, -0.05) is 6.07 Å². The fraction of sp³-hybridized carbons (Fsp3) is 0.368. The minimum absolute atomic E-state index is 0.0939. The van der Waals surface area contributed by atoms with Crippen LogP contribution in [0, 0.1) is 13.8 Å². The van der Waals surface area contributed by atoms with Crippen LogP contribution in [0.4, 0.5) is 5.69 Å². The highest BCUT2D eigenvalue weighted by atomic mass is 32.2. The van der Waals surface area contributed by atoms with Crippen molar-refractivity contribution in [2.75, 3.05) is 38.0 Å². The molecule has 0 atom stereocenters. The summed E-state index contributed by atoms with van der Waals surface area (Å²) < 4.78 is 26.7. The van der Waals surface area contributed by atoms with Crippen LogP contribution in [0.1, 0.15) is 11.1 Å². The SMILES string of the molecule is Cc1cc(C)cc(NC(=O)CN2CCN(S(=O)(=O)c3cccnc3)CC2)c1. The fourth-order valence-corrected chi connectivity index (χ4v) is 4.61. The second-order valence-corrected chi connectivity index (χ2v) is 8.73. The van der Waals surface area contributed by atoms with Gasteiger partial charge in [0.15, 0.2) is 0 Å². The van der Waals surface area contributed by atoms with Crippen LogP contribution in [0.15, 0.2) is 47.6 Å². The highest BCUT2D eigenvalue weighted by Gasteiger charge is 2.29. The van der Waals surface area contributed by atoms with Gasteiger partial charge in [0.2, 0.25) is 15.9 Å². The van der Waals surface area contributed by atoms with E-state index in [0.29, 0.717) is 26.2 Å². The van der Waals surface area contributed by atoms with Crippen molar-refractivity contribution in [2.45, 2.75) is 18.7 Å². The third kappa shape index (κ3) is 4.91. The van der Waals surface area contributed by atoms with Crippen molar-refractivity contribution in [3.05, 3.63) is 53.9 Å². The lowest BCUT2D eigenvalue weighted by molar-refractivity contribution is -0.117. The minimum atomic E-state index is -3.53. The number of rotatable bonds is 5.